The van der Waals surface area contributed by atoms with E-state index >= 15 is 0 Å². The maximum Gasteiger partial charge on any atom is 0.231 e. The van der Waals surface area contributed by atoms with Gasteiger partial charge >= 0.3 is 0 Å². The summed E-state index contributed by atoms with van der Waals surface area (Å²) in [5.74, 6) is -3.67. The Balaban J connectivity index is 3.21. The molecule has 0 amide bonds. The fraction of sp³-hybridized carbons (Fsp3) is 0.333. The minimum Gasteiger partial charge on any atom is -0.505 e. The van der Waals surface area contributed by atoms with E-state index in [0.29, 0.717) is 5.56 Å². The van der Waals surface area contributed by atoms with Crippen LogP contribution in [-0.2, 0) is 4.79 Å². The molecular weight excluding hydrogens is 211 g/mol. The van der Waals surface area contributed by atoms with E-state index < -0.39 is 29.1 Å². The van der Waals surface area contributed by atoms with E-state index in [9.17, 15) is 19.1 Å². The zero-order valence-electron chi connectivity index (χ0n) is 9.37. The Hall–Kier alpha value is -1.71. The number of hydrogen-bond acceptors (Lipinski definition) is 3. The molecule has 0 spiro atoms. The molecule has 0 saturated carbocycles. The van der Waals surface area contributed by atoms with Crippen LogP contribution in [0.5, 0.6) is 5.75 Å². The number of aromatic hydroxyl groups is 1. The number of phenolic OH excluding ortho intramolecular Hbond substituents is 1. The van der Waals surface area contributed by atoms with Gasteiger partial charge in [0.05, 0.1) is 5.56 Å². The third kappa shape index (κ3) is 2.10. The van der Waals surface area contributed by atoms with Crippen LogP contribution in [0.25, 0.3) is 0 Å². The zero-order valence-corrected chi connectivity index (χ0v) is 9.37. The van der Waals surface area contributed by atoms with Gasteiger partial charge in [0, 0.05) is 5.92 Å². The van der Waals surface area contributed by atoms with E-state index in [1.54, 1.807) is 13.8 Å². The number of halogens is 1. The van der Waals surface area contributed by atoms with Crippen LogP contribution in [0.15, 0.2) is 12.1 Å². The molecule has 1 N–H and O–H groups in total. The minimum atomic E-state index is -1.03. The lowest BCUT2D eigenvalue weighted by Gasteiger charge is -2.07. The second-order valence-electron chi connectivity index (χ2n) is 3.94. The number of ketones is 2. The lowest BCUT2D eigenvalue weighted by molar-refractivity contribution is -0.117. The van der Waals surface area contributed by atoms with Crippen molar-refractivity contribution in [3.8, 4) is 5.75 Å². The lowest BCUT2D eigenvalue weighted by Crippen LogP contribution is -2.20. The molecule has 0 unspecified atom stereocenters. The van der Waals surface area contributed by atoms with Crippen molar-refractivity contribution in [1.82, 2.24) is 0 Å². The number of phenols is 1. The molecule has 3 nitrogen and oxygen atoms in total. The summed E-state index contributed by atoms with van der Waals surface area (Å²) < 4.78 is 13.5. The van der Waals surface area contributed by atoms with Crippen LogP contribution in [0, 0.1) is 18.7 Å². The highest BCUT2D eigenvalue weighted by Crippen LogP contribution is 2.24. The van der Waals surface area contributed by atoms with E-state index in [2.05, 4.69) is 0 Å². The van der Waals surface area contributed by atoms with Gasteiger partial charge in [0.15, 0.2) is 11.6 Å². The molecule has 4 heteroatoms. The molecule has 0 aliphatic carbocycles. The fourth-order valence-corrected chi connectivity index (χ4v) is 1.23. The van der Waals surface area contributed by atoms with E-state index in [4.69, 9.17) is 0 Å². The van der Waals surface area contributed by atoms with Crippen molar-refractivity contribution >= 4 is 11.6 Å². The number of rotatable bonds is 3. The van der Waals surface area contributed by atoms with Crippen LogP contribution in [0.4, 0.5) is 4.39 Å². The maximum atomic E-state index is 13.5. The minimum absolute atomic E-state index is 0.325. The van der Waals surface area contributed by atoms with Crippen LogP contribution in [0.3, 0.4) is 0 Å². The molecule has 0 radical (unpaired) electrons. The molecule has 0 heterocycles. The molecule has 0 aliphatic rings. The summed E-state index contributed by atoms with van der Waals surface area (Å²) in [4.78, 5) is 23.0. The molecular formula is C12H13FO3. The normalized spacial score (nSPS) is 10.6. The predicted octanol–water partition coefficient (Wildman–Crippen LogP) is 2.25. The first-order chi connectivity index (χ1) is 7.36. The van der Waals surface area contributed by atoms with Crippen molar-refractivity contribution in [2.24, 2.45) is 5.92 Å². The quantitative estimate of drug-likeness (QED) is 0.632. The number of aryl methyl sites for hydroxylation is 1. The number of hydrogen-bond donors (Lipinski definition) is 1. The number of Topliss-reactive ketones (excluding diaryl/α,β-unsaturated/α-hetero) is 2. The molecule has 0 bridgehead atoms. The molecule has 0 fully saturated rings. The Labute approximate surface area is 92.9 Å². The Bertz CT molecular complexity index is 450. The van der Waals surface area contributed by atoms with Crippen molar-refractivity contribution in [1.29, 1.82) is 0 Å². The van der Waals surface area contributed by atoms with Gasteiger partial charge < -0.3 is 5.11 Å². The van der Waals surface area contributed by atoms with Crippen molar-refractivity contribution in [3.63, 3.8) is 0 Å². The molecule has 1 aromatic rings. The van der Waals surface area contributed by atoms with E-state index in [-0.39, 0.29) is 5.56 Å². The van der Waals surface area contributed by atoms with Crippen molar-refractivity contribution < 1.29 is 19.1 Å². The van der Waals surface area contributed by atoms with Crippen LogP contribution in [-0.4, -0.2) is 16.7 Å². The van der Waals surface area contributed by atoms with Gasteiger partial charge in [0.1, 0.15) is 0 Å². The molecule has 1 rings (SSSR count). The smallest absolute Gasteiger partial charge is 0.231 e. The molecule has 0 aromatic heterocycles. The third-order valence-electron chi connectivity index (χ3n) is 2.31. The highest BCUT2D eigenvalue weighted by molar-refractivity contribution is 6.44. The van der Waals surface area contributed by atoms with Gasteiger partial charge in [-0.3, -0.25) is 9.59 Å². The third-order valence-corrected chi connectivity index (χ3v) is 2.31. The monoisotopic (exact) mass is 224 g/mol. The van der Waals surface area contributed by atoms with Crippen molar-refractivity contribution in [2.45, 2.75) is 20.8 Å². The average molecular weight is 224 g/mol. The fourth-order valence-electron chi connectivity index (χ4n) is 1.23. The first kappa shape index (κ1) is 12.4. The summed E-state index contributed by atoms with van der Waals surface area (Å²) in [6.45, 7) is 4.63. The molecule has 1 aromatic carbocycles. The van der Waals surface area contributed by atoms with E-state index in [1.165, 1.54) is 19.1 Å². The summed E-state index contributed by atoms with van der Waals surface area (Å²) >= 11 is 0. The molecule has 0 aliphatic heterocycles. The standard InChI is InChI=1S/C12H13FO3/c1-6(2)10(14)12(16)8-5-4-7(3)11(15)9(8)13/h4-6,15H,1-3H3. The lowest BCUT2D eigenvalue weighted by atomic mass is 9.98. The van der Waals surface area contributed by atoms with Crippen LogP contribution >= 0.6 is 0 Å². The Kier molecular flexibility index (Phi) is 3.42. The van der Waals surface area contributed by atoms with E-state index in [0.717, 1.165) is 0 Å². The summed E-state index contributed by atoms with van der Waals surface area (Å²) in [6.07, 6.45) is 0. The summed E-state index contributed by atoms with van der Waals surface area (Å²) in [5.41, 5.74) is -0.0483. The van der Waals surface area contributed by atoms with Crippen LogP contribution in [0.2, 0.25) is 0 Å². The van der Waals surface area contributed by atoms with Gasteiger partial charge in [-0.2, -0.15) is 0 Å². The Morgan fingerprint density at radius 2 is 1.88 bits per heavy atom. The zero-order chi connectivity index (χ0) is 12.5. The summed E-state index contributed by atoms with van der Waals surface area (Å²) in [5, 5.41) is 9.32. The molecule has 16 heavy (non-hydrogen) atoms. The maximum absolute atomic E-state index is 13.5. The first-order valence-corrected chi connectivity index (χ1v) is 4.92. The largest absolute Gasteiger partial charge is 0.505 e. The van der Waals surface area contributed by atoms with Crippen molar-refractivity contribution in [3.05, 3.63) is 29.1 Å². The van der Waals surface area contributed by atoms with E-state index in [1.807, 2.05) is 0 Å². The topological polar surface area (TPSA) is 54.4 Å². The van der Waals surface area contributed by atoms with Gasteiger partial charge in [-0.1, -0.05) is 19.9 Å². The molecule has 0 atom stereocenters. The Morgan fingerprint density at radius 1 is 1.31 bits per heavy atom. The van der Waals surface area contributed by atoms with Crippen molar-refractivity contribution in [2.75, 3.05) is 0 Å². The number of carbonyl (C=O) groups is 2. The van der Waals surface area contributed by atoms with Gasteiger partial charge in [-0.15, -0.1) is 0 Å². The van der Waals surface area contributed by atoms with Gasteiger partial charge in [0.25, 0.3) is 0 Å². The summed E-state index contributed by atoms with van der Waals surface area (Å²) in [6, 6.07) is 2.62. The molecule has 86 valence electrons. The predicted molar refractivity (Wildman–Crippen MR) is 57.0 cm³/mol. The van der Waals surface area contributed by atoms with Crippen LogP contribution in [0.1, 0.15) is 29.8 Å². The van der Waals surface area contributed by atoms with Gasteiger partial charge in [-0.05, 0) is 18.6 Å². The first-order valence-electron chi connectivity index (χ1n) is 4.92. The van der Waals surface area contributed by atoms with Crippen LogP contribution < -0.4 is 0 Å². The average Bonchev–Trinajstić information content (AvgIpc) is 2.24. The second kappa shape index (κ2) is 4.43. The SMILES string of the molecule is Cc1ccc(C(=O)C(=O)C(C)C)c(F)c1O. The Morgan fingerprint density at radius 3 is 2.38 bits per heavy atom. The number of benzene rings is 1. The highest BCUT2D eigenvalue weighted by Gasteiger charge is 2.24. The van der Waals surface area contributed by atoms with Gasteiger partial charge in [0.2, 0.25) is 11.6 Å². The summed E-state index contributed by atoms with van der Waals surface area (Å²) in [7, 11) is 0. The molecule has 0 saturated heterocycles. The highest BCUT2D eigenvalue weighted by atomic mass is 19.1. The number of carbonyl (C=O) groups excluding carboxylic acids is 2. The van der Waals surface area contributed by atoms with Gasteiger partial charge in [-0.25, -0.2) is 4.39 Å². The second-order valence-corrected chi connectivity index (χ2v) is 3.94.